The zero-order valence-corrected chi connectivity index (χ0v) is 64.7. The van der Waals surface area contributed by atoms with Gasteiger partial charge in [0.2, 0.25) is 0 Å². The molecule has 8 aliphatic rings. The van der Waals surface area contributed by atoms with Gasteiger partial charge in [0.1, 0.15) is 0 Å². The SMILES string of the molecule is CCCC1CC(=O)C2=C(Cc3ncsc3[C@@]2(CC)c2ccccc2)C1.CC[C@]1(c2ccccc2)C2=C(Cc3ncsc31)CC(C(C)C)CC2=O.CC[C@]1(c2ccccc2)C2=C(Cc3ncsc31)CC(CC(C)C)CC2=O.CC[C@]1(c2ccccc2)C2=C(Cc3ncsc31)C[C@H](C(C)C)CC2=O. The number of rotatable bonds is 14. The third-order valence-electron chi connectivity index (χ3n) is 24.4. The molecule has 8 atom stereocenters. The predicted octanol–water partition coefficient (Wildman–Crippen LogP) is 21.8. The van der Waals surface area contributed by atoms with Gasteiger partial charge in [0, 0.05) is 93.2 Å². The third kappa shape index (κ3) is 12.9. The first-order valence-corrected chi connectivity index (χ1v) is 41.4. The summed E-state index contributed by atoms with van der Waals surface area (Å²) < 4.78 is 0. The summed E-state index contributed by atoms with van der Waals surface area (Å²) in [5, 5.41) is 0. The molecule has 0 radical (unpaired) electrons. The lowest BCUT2D eigenvalue weighted by Gasteiger charge is -2.43. The Bertz CT molecular complexity index is 4330. The van der Waals surface area contributed by atoms with E-state index in [-0.39, 0.29) is 21.7 Å². The van der Waals surface area contributed by atoms with Gasteiger partial charge in [0.15, 0.2) is 23.1 Å². The molecule has 3 unspecified atom stereocenters. The molecule has 8 aliphatic carbocycles. The zero-order valence-electron chi connectivity index (χ0n) is 61.4. The van der Waals surface area contributed by atoms with Crippen molar-refractivity contribution in [3.8, 4) is 0 Å². The summed E-state index contributed by atoms with van der Waals surface area (Å²) in [7, 11) is 0. The lowest BCUT2D eigenvalue weighted by Crippen LogP contribution is -2.41. The number of ketones is 4. The van der Waals surface area contributed by atoms with E-state index in [1.165, 1.54) is 86.8 Å². The molecule has 0 N–H and O–H groups in total. The molecule has 4 heterocycles. The van der Waals surface area contributed by atoms with Crippen LogP contribution in [-0.4, -0.2) is 43.1 Å². The maximum absolute atomic E-state index is 13.4. The van der Waals surface area contributed by atoms with Crippen LogP contribution in [0.3, 0.4) is 0 Å². The second-order valence-electron chi connectivity index (χ2n) is 31.1. The summed E-state index contributed by atoms with van der Waals surface area (Å²) in [5.41, 5.74) is 26.2. The molecule has 0 aliphatic heterocycles. The maximum Gasteiger partial charge on any atom is 0.160 e. The lowest BCUT2D eigenvalue weighted by molar-refractivity contribution is -0.118. The van der Waals surface area contributed by atoms with Crippen molar-refractivity contribution in [2.75, 3.05) is 0 Å². The van der Waals surface area contributed by atoms with Crippen LogP contribution in [0.15, 0.2) is 188 Å². The lowest BCUT2D eigenvalue weighted by atomic mass is 9.60. The van der Waals surface area contributed by atoms with Crippen molar-refractivity contribution in [3.05, 3.63) is 252 Å². The fourth-order valence-electron chi connectivity index (χ4n) is 19.8. The Hall–Kier alpha value is -6.96. The molecule has 16 rings (SSSR count). The van der Waals surface area contributed by atoms with E-state index in [1.54, 1.807) is 45.3 Å². The van der Waals surface area contributed by atoms with E-state index >= 15 is 0 Å². The van der Waals surface area contributed by atoms with Gasteiger partial charge in [-0.25, -0.2) is 19.9 Å². The summed E-state index contributed by atoms with van der Waals surface area (Å²) in [4.78, 5) is 77.4. The maximum atomic E-state index is 13.4. The molecule has 0 bridgehead atoms. The number of hydrogen-bond acceptors (Lipinski definition) is 12. The van der Waals surface area contributed by atoms with Crippen LogP contribution < -0.4 is 0 Å². The number of benzene rings is 4. The number of fused-ring (bicyclic) bond motifs is 4. The highest BCUT2D eigenvalue weighted by atomic mass is 32.1. The largest absolute Gasteiger partial charge is 0.294 e. The van der Waals surface area contributed by atoms with E-state index in [9.17, 15) is 19.2 Å². The molecule has 12 heteroatoms. The standard InChI is InChI=1S/C23H27NOS.3C22H25NOS/c1-4-23(18-8-6-5-7-9-18)21-17(13-19-22(23)26-14-24-19)11-16(10-15(2)3)12-20(21)25;2*1-4-22(17-8-6-5-7-9-17)20-16(11-18-21(22)25-13-23-18)10-15(14(2)3)12-19(20)24;1-3-8-15-11-16-13-18-21(25-14-23-18)22(4-2,20(16)19(24)12-15)17-9-6-5-7-10-17/h5-9,14-16H,4,10-13H2,1-3H3;2*5-9,13-15H,4,10-12H2,1-3H3;5-7,9-10,14-15H,3-4,8,11-13H2,1-2H3/t16?,23-;15?,22-;15-,22-;15?,22-/m0000/s1. The number of thiazole rings is 4. The molecular formula is C89H102N4O4S4. The summed E-state index contributed by atoms with van der Waals surface area (Å²) in [6.45, 7) is 24.6. The van der Waals surface area contributed by atoms with E-state index in [2.05, 4.69) is 212 Å². The average Bonchev–Trinajstić information content (AvgIpc) is 1.73. The van der Waals surface area contributed by atoms with Gasteiger partial charge in [-0.2, -0.15) is 0 Å². The summed E-state index contributed by atoms with van der Waals surface area (Å²) in [6, 6.07) is 42.4. The quantitative estimate of drug-likeness (QED) is 0.106. The molecule has 0 saturated heterocycles. The molecule has 526 valence electrons. The van der Waals surface area contributed by atoms with Crippen LogP contribution in [0.2, 0.25) is 0 Å². The highest BCUT2D eigenvalue weighted by Gasteiger charge is 2.53. The molecule has 8 nitrogen and oxygen atoms in total. The van der Waals surface area contributed by atoms with E-state index in [0.717, 1.165) is 125 Å². The monoisotopic (exact) mass is 1420 g/mol. The first-order chi connectivity index (χ1) is 48.9. The van der Waals surface area contributed by atoms with Crippen LogP contribution in [0, 0.1) is 41.4 Å². The van der Waals surface area contributed by atoms with Gasteiger partial charge in [-0.15, -0.1) is 45.3 Å². The minimum Gasteiger partial charge on any atom is -0.294 e. The van der Waals surface area contributed by atoms with Crippen LogP contribution in [0.1, 0.15) is 237 Å². The Morgan fingerprint density at radius 3 is 0.891 bits per heavy atom. The molecule has 101 heavy (non-hydrogen) atoms. The Kier molecular flexibility index (Phi) is 21.8. The Labute approximate surface area is 616 Å². The van der Waals surface area contributed by atoms with Crippen molar-refractivity contribution in [2.24, 2.45) is 41.4 Å². The molecular weight excluding hydrogens is 1320 g/mol. The van der Waals surface area contributed by atoms with E-state index < -0.39 is 0 Å². The Morgan fingerprint density at radius 1 is 0.356 bits per heavy atom. The van der Waals surface area contributed by atoms with Gasteiger partial charge in [0.25, 0.3) is 0 Å². The van der Waals surface area contributed by atoms with E-state index in [0.29, 0.717) is 83.8 Å². The highest BCUT2D eigenvalue weighted by molar-refractivity contribution is 7.11. The number of aromatic nitrogens is 4. The fraction of sp³-hybridized carbons (Fsp3) is 0.461. The van der Waals surface area contributed by atoms with E-state index in [4.69, 9.17) is 4.98 Å². The summed E-state index contributed by atoms with van der Waals surface area (Å²) >= 11 is 6.88. The summed E-state index contributed by atoms with van der Waals surface area (Å²) in [5.74, 6) is 5.16. The number of Topliss-reactive ketones (excluding diaryl/α,β-unsaturated/α-hetero) is 4. The van der Waals surface area contributed by atoms with Crippen LogP contribution in [0.5, 0.6) is 0 Å². The molecule has 0 amide bonds. The summed E-state index contributed by atoms with van der Waals surface area (Å²) in [6.07, 6.45) is 17.6. The van der Waals surface area contributed by atoms with Gasteiger partial charge in [-0.1, -0.05) is 226 Å². The van der Waals surface area contributed by atoms with Crippen LogP contribution in [0.25, 0.3) is 0 Å². The van der Waals surface area contributed by atoms with Crippen LogP contribution in [0.4, 0.5) is 0 Å². The van der Waals surface area contributed by atoms with Crippen molar-refractivity contribution < 1.29 is 19.2 Å². The molecule has 0 spiro atoms. The highest BCUT2D eigenvalue weighted by Crippen LogP contribution is 2.58. The minimum absolute atomic E-state index is 0.292. The minimum atomic E-state index is -0.301. The molecule has 8 aromatic rings. The normalized spacial score (nSPS) is 25.7. The van der Waals surface area contributed by atoms with Gasteiger partial charge >= 0.3 is 0 Å². The predicted molar refractivity (Wildman–Crippen MR) is 416 cm³/mol. The van der Waals surface area contributed by atoms with E-state index in [1.807, 2.05) is 22.0 Å². The van der Waals surface area contributed by atoms with Gasteiger partial charge in [-0.05, 0) is 128 Å². The second-order valence-corrected chi connectivity index (χ2v) is 34.5. The van der Waals surface area contributed by atoms with Crippen molar-refractivity contribution in [1.29, 1.82) is 0 Å². The van der Waals surface area contributed by atoms with Gasteiger partial charge < -0.3 is 0 Å². The Balaban J connectivity index is 0.000000120. The molecule has 0 fully saturated rings. The zero-order chi connectivity index (χ0) is 71.0. The number of carbonyl (C=O) groups excluding carboxylic acids is 4. The smallest absolute Gasteiger partial charge is 0.160 e. The Morgan fingerprint density at radius 2 is 0.624 bits per heavy atom. The van der Waals surface area contributed by atoms with Crippen molar-refractivity contribution in [2.45, 2.75) is 220 Å². The van der Waals surface area contributed by atoms with Crippen LogP contribution in [-0.2, 0) is 66.5 Å². The van der Waals surface area contributed by atoms with Gasteiger partial charge in [-0.3, -0.25) is 19.2 Å². The van der Waals surface area contributed by atoms with Crippen molar-refractivity contribution in [1.82, 2.24) is 19.9 Å². The third-order valence-corrected chi connectivity index (χ3v) is 28.5. The number of allylic oxidation sites excluding steroid dienone is 8. The molecule has 4 aromatic carbocycles. The fourth-order valence-corrected chi connectivity index (χ4v) is 24.3. The van der Waals surface area contributed by atoms with Crippen LogP contribution >= 0.6 is 45.3 Å². The number of carbonyl (C=O) groups is 4. The van der Waals surface area contributed by atoms with Gasteiger partial charge in [0.05, 0.1) is 66.5 Å². The van der Waals surface area contributed by atoms with Crippen molar-refractivity contribution in [3.63, 3.8) is 0 Å². The molecule has 4 aromatic heterocycles. The van der Waals surface area contributed by atoms with Crippen molar-refractivity contribution >= 4 is 68.5 Å². The average molecular weight is 1420 g/mol. The molecule has 0 saturated carbocycles. The first kappa shape index (κ1) is 72.4. The second kappa shape index (κ2) is 30.4. The number of nitrogens with zero attached hydrogens (tertiary/aromatic N) is 4. The number of hydrogen-bond donors (Lipinski definition) is 0. The topological polar surface area (TPSA) is 120 Å². The first-order valence-electron chi connectivity index (χ1n) is 37.9.